The Hall–Kier alpha value is -1.34. The van der Waals surface area contributed by atoms with E-state index in [4.69, 9.17) is 14.9 Å². The van der Waals surface area contributed by atoms with Gasteiger partial charge in [0, 0.05) is 7.11 Å². The summed E-state index contributed by atoms with van der Waals surface area (Å²) in [5.41, 5.74) is 0. The Balaban J connectivity index is 2.27. The van der Waals surface area contributed by atoms with Crippen molar-refractivity contribution in [1.82, 2.24) is 10.6 Å². The predicted octanol–water partition coefficient (Wildman–Crippen LogP) is -0.701. The van der Waals surface area contributed by atoms with Gasteiger partial charge in [0.05, 0.1) is 18.7 Å². The smallest absolute Gasteiger partial charge is 0.334 e. The van der Waals surface area contributed by atoms with Crippen molar-refractivity contribution in [3.05, 3.63) is 0 Å². The molecule has 0 spiro atoms. The topological polar surface area (TPSA) is 108 Å². The zero-order valence-electron chi connectivity index (χ0n) is 9.68. The first-order valence-corrected chi connectivity index (χ1v) is 5.52. The normalized spacial score (nSPS) is 25.3. The van der Waals surface area contributed by atoms with Crippen LogP contribution in [0.3, 0.4) is 0 Å². The number of amides is 2. The van der Waals surface area contributed by atoms with Gasteiger partial charge in [0.1, 0.15) is 0 Å². The van der Waals surface area contributed by atoms with Gasteiger partial charge in [0.2, 0.25) is 0 Å². The van der Waals surface area contributed by atoms with Gasteiger partial charge in [-0.05, 0) is 19.3 Å². The monoisotopic (exact) mass is 246 g/mol. The fraction of sp³-hybridized carbons (Fsp3) is 0.800. The largest absolute Gasteiger partial charge is 0.479 e. The second-order valence-electron chi connectivity index (χ2n) is 4.02. The van der Waals surface area contributed by atoms with Gasteiger partial charge in [0.25, 0.3) is 0 Å². The van der Waals surface area contributed by atoms with Crippen molar-refractivity contribution in [2.24, 2.45) is 0 Å². The highest BCUT2D eigenvalue weighted by atomic mass is 16.5. The lowest BCUT2D eigenvalue weighted by Crippen LogP contribution is -2.48. The first kappa shape index (κ1) is 13.7. The van der Waals surface area contributed by atoms with Crippen molar-refractivity contribution in [1.29, 1.82) is 0 Å². The highest BCUT2D eigenvalue weighted by Crippen LogP contribution is 2.21. The van der Waals surface area contributed by atoms with Crippen LogP contribution in [-0.4, -0.2) is 54.1 Å². The summed E-state index contributed by atoms with van der Waals surface area (Å²) in [5, 5.41) is 22.4. The molecule has 7 heteroatoms. The molecule has 0 aromatic rings. The van der Waals surface area contributed by atoms with Crippen LogP contribution in [0.2, 0.25) is 0 Å². The lowest BCUT2D eigenvalue weighted by Gasteiger charge is -2.20. The molecule has 1 rings (SSSR count). The molecule has 0 aromatic carbocycles. The van der Waals surface area contributed by atoms with Gasteiger partial charge in [-0.1, -0.05) is 0 Å². The molecule has 3 unspecified atom stereocenters. The van der Waals surface area contributed by atoms with E-state index < -0.39 is 18.1 Å². The second kappa shape index (κ2) is 6.41. The molecule has 2 amide bonds. The van der Waals surface area contributed by atoms with Gasteiger partial charge in [-0.3, -0.25) is 0 Å². The zero-order chi connectivity index (χ0) is 12.8. The molecule has 1 aliphatic carbocycles. The van der Waals surface area contributed by atoms with Gasteiger partial charge < -0.3 is 25.6 Å². The van der Waals surface area contributed by atoms with Crippen LogP contribution in [0.15, 0.2) is 0 Å². The highest BCUT2D eigenvalue weighted by Gasteiger charge is 2.28. The summed E-state index contributed by atoms with van der Waals surface area (Å²) in [6, 6.07) is -0.541. The van der Waals surface area contributed by atoms with Crippen molar-refractivity contribution < 1.29 is 24.5 Å². The highest BCUT2D eigenvalue weighted by molar-refractivity contribution is 5.76. The molecule has 0 bridgehead atoms. The molecule has 3 atom stereocenters. The van der Waals surface area contributed by atoms with Crippen LogP contribution >= 0.6 is 0 Å². The molecular weight excluding hydrogens is 228 g/mol. The average Bonchev–Trinajstić information content (AvgIpc) is 2.72. The van der Waals surface area contributed by atoms with E-state index in [0.717, 1.165) is 19.3 Å². The first-order valence-electron chi connectivity index (χ1n) is 5.52. The number of aliphatic hydroxyl groups is 1. The van der Waals surface area contributed by atoms with E-state index in [9.17, 15) is 9.59 Å². The number of carboxylic acids is 1. The van der Waals surface area contributed by atoms with Crippen LogP contribution < -0.4 is 10.6 Å². The number of nitrogens with one attached hydrogen (secondary N) is 2. The summed E-state index contributed by atoms with van der Waals surface area (Å²) in [6.45, 7) is -0.314. The molecule has 7 nitrogen and oxygen atoms in total. The molecule has 4 N–H and O–H groups in total. The van der Waals surface area contributed by atoms with Crippen molar-refractivity contribution in [3.8, 4) is 0 Å². The zero-order valence-corrected chi connectivity index (χ0v) is 9.68. The second-order valence-corrected chi connectivity index (χ2v) is 4.02. The Labute approximate surface area is 99.1 Å². The van der Waals surface area contributed by atoms with Gasteiger partial charge in [-0.2, -0.15) is 0 Å². The molecule has 0 radical (unpaired) electrons. The minimum atomic E-state index is -1.58. The molecule has 17 heavy (non-hydrogen) atoms. The summed E-state index contributed by atoms with van der Waals surface area (Å²) >= 11 is 0. The molecule has 98 valence electrons. The van der Waals surface area contributed by atoms with Crippen molar-refractivity contribution in [3.63, 3.8) is 0 Å². The molecule has 0 heterocycles. The number of aliphatic carboxylic acids is 1. The Kier molecular flexibility index (Phi) is 5.17. The fourth-order valence-corrected chi connectivity index (χ4v) is 1.87. The van der Waals surface area contributed by atoms with Crippen molar-refractivity contribution in [2.45, 2.75) is 37.5 Å². The van der Waals surface area contributed by atoms with Crippen LogP contribution in [-0.2, 0) is 9.53 Å². The molecular formula is C10H18N2O5. The number of hydrogen-bond donors (Lipinski definition) is 4. The standard InChI is InChI=1S/C10H18N2O5/c1-17-8-4-2-3-6(8)12-10(16)11-5-7(13)9(14)15/h6-8,13H,2-5H2,1H3,(H,14,15)(H2,11,12,16). The van der Waals surface area contributed by atoms with E-state index in [-0.39, 0.29) is 18.7 Å². The molecule has 1 aliphatic rings. The van der Waals surface area contributed by atoms with Gasteiger partial charge in [-0.25, -0.2) is 9.59 Å². The summed E-state index contributed by atoms with van der Waals surface area (Å²) in [4.78, 5) is 21.7. The van der Waals surface area contributed by atoms with E-state index in [1.807, 2.05) is 0 Å². The van der Waals surface area contributed by atoms with E-state index in [2.05, 4.69) is 10.6 Å². The molecule has 0 aromatic heterocycles. The molecule has 0 aliphatic heterocycles. The van der Waals surface area contributed by atoms with Crippen LogP contribution in [0.4, 0.5) is 4.79 Å². The van der Waals surface area contributed by atoms with E-state index in [1.165, 1.54) is 0 Å². The van der Waals surface area contributed by atoms with Crippen LogP contribution in [0.25, 0.3) is 0 Å². The van der Waals surface area contributed by atoms with E-state index >= 15 is 0 Å². The minimum Gasteiger partial charge on any atom is -0.479 e. The van der Waals surface area contributed by atoms with E-state index in [0.29, 0.717) is 0 Å². The number of methoxy groups -OCH3 is 1. The molecule has 1 saturated carbocycles. The summed E-state index contributed by atoms with van der Waals surface area (Å²) in [7, 11) is 1.59. The van der Waals surface area contributed by atoms with Crippen LogP contribution in [0.5, 0.6) is 0 Å². The van der Waals surface area contributed by atoms with Gasteiger partial charge in [0.15, 0.2) is 6.10 Å². The van der Waals surface area contributed by atoms with Crippen LogP contribution in [0.1, 0.15) is 19.3 Å². The SMILES string of the molecule is COC1CCCC1NC(=O)NCC(O)C(=O)O. The number of carboxylic acid groups (broad SMARTS) is 1. The third kappa shape index (κ3) is 4.20. The van der Waals surface area contributed by atoms with E-state index in [1.54, 1.807) is 7.11 Å². The lowest BCUT2D eigenvalue weighted by molar-refractivity contribution is -0.146. The Morgan fingerprint density at radius 1 is 1.47 bits per heavy atom. The van der Waals surface area contributed by atoms with Crippen molar-refractivity contribution >= 4 is 12.0 Å². The van der Waals surface area contributed by atoms with Gasteiger partial charge in [-0.15, -0.1) is 0 Å². The number of carbonyl (C=O) groups excluding carboxylic acids is 1. The molecule has 0 saturated heterocycles. The summed E-state index contributed by atoms with van der Waals surface area (Å²) in [5.74, 6) is -1.36. The Bertz CT molecular complexity index is 284. The first-order chi connectivity index (χ1) is 8.04. The summed E-state index contributed by atoms with van der Waals surface area (Å²) in [6.07, 6.45) is 1.15. The number of aliphatic hydroxyl groups excluding tert-OH is 1. The Morgan fingerprint density at radius 2 is 2.18 bits per heavy atom. The third-order valence-electron chi connectivity index (χ3n) is 2.81. The maximum atomic E-state index is 11.4. The summed E-state index contributed by atoms with van der Waals surface area (Å²) < 4.78 is 5.20. The maximum Gasteiger partial charge on any atom is 0.334 e. The fourth-order valence-electron chi connectivity index (χ4n) is 1.87. The maximum absolute atomic E-state index is 11.4. The Morgan fingerprint density at radius 3 is 2.76 bits per heavy atom. The number of urea groups is 1. The predicted molar refractivity (Wildman–Crippen MR) is 58.6 cm³/mol. The minimum absolute atomic E-state index is 0.00477. The number of hydrogen-bond acceptors (Lipinski definition) is 4. The van der Waals surface area contributed by atoms with Crippen LogP contribution in [0, 0.1) is 0 Å². The number of rotatable bonds is 5. The quantitative estimate of drug-likeness (QED) is 0.513. The molecule has 1 fully saturated rings. The van der Waals surface area contributed by atoms with Crippen molar-refractivity contribution in [2.75, 3.05) is 13.7 Å². The van der Waals surface area contributed by atoms with Gasteiger partial charge >= 0.3 is 12.0 Å². The number of carbonyl (C=O) groups is 2. The number of ether oxygens (including phenoxy) is 1. The third-order valence-corrected chi connectivity index (χ3v) is 2.81. The average molecular weight is 246 g/mol. The lowest BCUT2D eigenvalue weighted by atomic mass is 10.2.